The summed E-state index contributed by atoms with van der Waals surface area (Å²) in [5.41, 5.74) is 0. The minimum absolute atomic E-state index is 0.0287. The molecule has 0 aromatic carbocycles. The van der Waals surface area contributed by atoms with Crippen molar-refractivity contribution in [2.45, 2.75) is 26.2 Å². The average Bonchev–Trinajstić information content (AvgIpc) is 2.70. The fraction of sp³-hybridized carbons (Fsp3) is 0.667. The molecule has 0 spiro atoms. The summed E-state index contributed by atoms with van der Waals surface area (Å²) in [6.07, 6.45) is 1.06. The molecule has 5 heteroatoms. The molecule has 1 aliphatic rings. The number of carbonyl (C=O) groups excluding carboxylic acids is 1. The van der Waals surface area contributed by atoms with Crippen molar-refractivity contribution in [3.63, 3.8) is 0 Å². The molecule has 5 nitrogen and oxygen atoms in total. The molecule has 0 radical (unpaired) electrons. The number of hydrogen-bond donors (Lipinski definition) is 0. The number of esters is 1. The first kappa shape index (κ1) is 9.18. The lowest BCUT2D eigenvalue weighted by molar-refractivity contribution is 0.0508. The van der Waals surface area contributed by atoms with Crippen molar-refractivity contribution in [2.24, 2.45) is 5.92 Å². The van der Waals surface area contributed by atoms with E-state index in [0.29, 0.717) is 24.3 Å². The van der Waals surface area contributed by atoms with Gasteiger partial charge in [-0.15, -0.1) is 0 Å². The van der Waals surface area contributed by atoms with Crippen molar-refractivity contribution in [2.75, 3.05) is 6.61 Å². The van der Waals surface area contributed by atoms with Crippen molar-refractivity contribution in [3.05, 3.63) is 11.7 Å². The molecule has 0 N–H and O–H groups in total. The average molecular weight is 196 g/mol. The van der Waals surface area contributed by atoms with Crippen LogP contribution in [0, 0.1) is 5.92 Å². The van der Waals surface area contributed by atoms with Crippen LogP contribution in [0.2, 0.25) is 0 Å². The minimum Gasteiger partial charge on any atom is -0.460 e. The van der Waals surface area contributed by atoms with Gasteiger partial charge in [-0.25, -0.2) is 4.79 Å². The molecule has 0 amide bonds. The van der Waals surface area contributed by atoms with Crippen LogP contribution in [0.5, 0.6) is 0 Å². The predicted octanol–water partition coefficient (Wildman–Crippen LogP) is 1.37. The molecule has 1 fully saturated rings. The van der Waals surface area contributed by atoms with Gasteiger partial charge in [0, 0.05) is 5.92 Å². The Morgan fingerprint density at radius 1 is 1.71 bits per heavy atom. The number of rotatable bonds is 3. The second-order valence-electron chi connectivity index (χ2n) is 3.50. The topological polar surface area (TPSA) is 65.2 Å². The molecule has 2 rings (SSSR count). The molecule has 76 valence electrons. The molecule has 0 bridgehead atoms. The Balaban J connectivity index is 2.06. The fourth-order valence-electron chi connectivity index (χ4n) is 1.33. The van der Waals surface area contributed by atoms with E-state index in [1.54, 1.807) is 6.92 Å². The highest BCUT2D eigenvalue weighted by molar-refractivity contribution is 5.84. The second-order valence-corrected chi connectivity index (χ2v) is 3.50. The summed E-state index contributed by atoms with van der Waals surface area (Å²) >= 11 is 0. The van der Waals surface area contributed by atoms with Crippen LogP contribution in [0.4, 0.5) is 0 Å². The van der Waals surface area contributed by atoms with E-state index < -0.39 is 5.97 Å². The van der Waals surface area contributed by atoms with Gasteiger partial charge >= 0.3 is 5.97 Å². The lowest BCUT2D eigenvalue weighted by atomic mass is 10.3. The smallest absolute Gasteiger partial charge is 0.379 e. The number of ether oxygens (including phenoxy) is 1. The van der Waals surface area contributed by atoms with Gasteiger partial charge in [0.05, 0.1) is 6.61 Å². The van der Waals surface area contributed by atoms with Crippen molar-refractivity contribution < 1.29 is 14.1 Å². The van der Waals surface area contributed by atoms with Gasteiger partial charge in [-0.3, -0.25) is 0 Å². The Labute approximate surface area is 81.4 Å². The quantitative estimate of drug-likeness (QED) is 0.683. The SMILES string of the molecule is CCOC(=O)c1noc([C@@H]2C[C@@H]2C)n1. The molecule has 2 atom stereocenters. The van der Waals surface area contributed by atoms with E-state index >= 15 is 0 Å². The zero-order valence-electron chi connectivity index (χ0n) is 8.19. The van der Waals surface area contributed by atoms with Crippen LogP contribution in [-0.4, -0.2) is 22.7 Å². The third-order valence-corrected chi connectivity index (χ3v) is 2.33. The van der Waals surface area contributed by atoms with E-state index in [-0.39, 0.29) is 5.82 Å². The first-order valence-corrected chi connectivity index (χ1v) is 4.73. The normalized spacial score (nSPS) is 24.7. The van der Waals surface area contributed by atoms with Crippen LogP contribution in [0.15, 0.2) is 4.52 Å². The number of hydrogen-bond acceptors (Lipinski definition) is 5. The lowest BCUT2D eigenvalue weighted by Crippen LogP contribution is -2.06. The largest absolute Gasteiger partial charge is 0.460 e. The monoisotopic (exact) mass is 196 g/mol. The van der Waals surface area contributed by atoms with Crippen molar-refractivity contribution in [1.29, 1.82) is 0 Å². The summed E-state index contributed by atoms with van der Waals surface area (Å²) < 4.78 is 9.71. The Morgan fingerprint density at radius 2 is 2.43 bits per heavy atom. The summed E-state index contributed by atoms with van der Waals surface area (Å²) in [4.78, 5) is 15.2. The lowest BCUT2D eigenvalue weighted by Gasteiger charge is -1.93. The van der Waals surface area contributed by atoms with Gasteiger partial charge in [0.15, 0.2) is 0 Å². The Bertz CT molecular complexity index is 348. The van der Waals surface area contributed by atoms with E-state index in [9.17, 15) is 4.79 Å². The van der Waals surface area contributed by atoms with Gasteiger partial charge in [0.25, 0.3) is 5.82 Å². The second kappa shape index (κ2) is 3.40. The van der Waals surface area contributed by atoms with Crippen molar-refractivity contribution in [3.8, 4) is 0 Å². The number of aromatic nitrogens is 2. The van der Waals surface area contributed by atoms with Gasteiger partial charge in [-0.05, 0) is 24.4 Å². The van der Waals surface area contributed by atoms with Gasteiger partial charge in [0.1, 0.15) is 0 Å². The molecule has 1 saturated carbocycles. The number of carbonyl (C=O) groups is 1. The first-order valence-electron chi connectivity index (χ1n) is 4.73. The van der Waals surface area contributed by atoms with Crippen molar-refractivity contribution >= 4 is 5.97 Å². The molecule has 0 unspecified atom stereocenters. The summed E-state index contributed by atoms with van der Waals surface area (Å²) in [5, 5.41) is 3.57. The molecule has 1 aromatic heterocycles. The third-order valence-electron chi connectivity index (χ3n) is 2.33. The highest BCUT2D eigenvalue weighted by Gasteiger charge is 2.39. The Morgan fingerprint density at radius 3 is 3.00 bits per heavy atom. The molecule has 0 aliphatic heterocycles. The Kier molecular flexibility index (Phi) is 2.23. The predicted molar refractivity (Wildman–Crippen MR) is 46.8 cm³/mol. The first-order chi connectivity index (χ1) is 6.72. The molecule has 1 aliphatic carbocycles. The molecule has 0 saturated heterocycles. The molecule has 14 heavy (non-hydrogen) atoms. The van der Waals surface area contributed by atoms with Gasteiger partial charge in [0.2, 0.25) is 5.89 Å². The van der Waals surface area contributed by atoms with Gasteiger partial charge < -0.3 is 9.26 Å². The highest BCUT2D eigenvalue weighted by atomic mass is 16.5. The summed E-state index contributed by atoms with van der Waals surface area (Å²) in [6.45, 7) is 4.17. The fourth-order valence-corrected chi connectivity index (χ4v) is 1.33. The maximum Gasteiger partial charge on any atom is 0.379 e. The zero-order chi connectivity index (χ0) is 10.1. The maximum absolute atomic E-state index is 11.2. The summed E-state index contributed by atoms with van der Waals surface area (Å²) in [5.74, 6) is 0.994. The van der Waals surface area contributed by atoms with Crippen LogP contribution in [0.3, 0.4) is 0 Å². The van der Waals surface area contributed by atoms with Crippen LogP contribution in [0.25, 0.3) is 0 Å². The van der Waals surface area contributed by atoms with Gasteiger partial charge in [-0.1, -0.05) is 6.92 Å². The molecule has 1 aromatic rings. The van der Waals surface area contributed by atoms with E-state index in [1.807, 2.05) is 0 Å². The van der Waals surface area contributed by atoms with Crippen LogP contribution in [0.1, 0.15) is 42.7 Å². The van der Waals surface area contributed by atoms with Crippen LogP contribution in [-0.2, 0) is 4.74 Å². The van der Waals surface area contributed by atoms with E-state index in [4.69, 9.17) is 9.26 Å². The highest BCUT2D eigenvalue weighted by Crippen LogP contribution is 2.45. The minimum atomic E-state index is -0.518. The Hall–Kier alpha value is -1.39. The summed E-state index contributed by atoms with van der Waals surface area (Å²) in [7, 11) is 0. The zero-order valence-corrected chi connectivity index (χ0v) is 8.19. The van der Waals surface area contributed by atoms with Crippen LogP contribution < -0.4 is 0 Å². The molecule has 1 heterocycles. The molecular weight excluding hydrogens is 184 g/mol. The third kappa shape index (κ3) is 1.62. The maximum atomic E-state index is 11.2. The van der Waals surface area contributed by atoms with Gasteiger partial charge in [-0.2, -0.15) is 4.98 Å². The van der Waals surface area contributed by atoms with Crippen molar-refractivity contribution in [1.82, 2.24) is 10.1 Å². The summed E-state index contributed by atoms with van der Waals surface area (Å²) in [6, 6.07) is 0. The van der Waals surface area contributed by atoms with Crippen LogP contribution >= 0.6 is 0 Å². The standard InChI is InChI=1S/C9H12N2O3/c1-3-13-9(12)7-10-8(14-11-7)6-4-5(6)2/h5-6H,3-4H2,1-2H3/t5-,6+/m0/s1. The van der Waals surface area contributed by atoms with E-state index in [0.717, 1.165) is 6.42 Å². The molecular formula is C9H12N2O3. The van der Waals surface area contributed by atoms with E-state index in [1.165, 1.54) is 0 Å². The number of nitrogens with zero attached hydrogens (tertiary/aromatic N) is 2. The van der Waals surface area contributed by atoms with E-state index in [2.05, 4.69) is 17.1 Å².